The van der Waals surface area contributed by atoms with Crippen molar-refractivity contribution in [1.29, 1.82) is 0 Å². The molecule has 0 aliphatic carbocycles. The van der Waals surface area contributed by atoms with Crippen LogP contribution >= 0.6 is 0 Å². The molecule has 10 heteroatoms. The van der Waals surface area contributed by atoms with Gasteiger partial charge in [-0.25, -0.2) is 0 Å². The molecule has 8 rings (SSSR count). The van der Waals surface area contributed by atoms with Crippen LogP contribution in [0, 0.1) is 0 Å². The smallest absolute Gasteiger partial charge is 0.190 e. The van der Waals surface area contributed by atoms with Crippen molar-refractivity contribution in [2.24, 2.45) is 0 Å². The van der Waals surface area contributed by atoms with Gasteiger partial charge in [0.2, 0.25) is 0 Å². The molecule has 0 bridgehead atoms. The Kier molecular flexibility index (Phi) is 18.4. The molecule has 3 fully saturated rings. The van der Waals surface area contributed by atoms with Crippen molar-refractivity contribution < 1.29 is 47.7 Å². The van der Waals surface area contributed by atoms with E-state index in [1.807, 2.05) is 166 Å². The van der Waals surface area contributed by atoms with Crippen LogP contribution in [0.4, 0.5) is 0 Å². The SMILES string of the molecule is C.C.CC1(C)O[C@H]2O[C@H](COCc3ccccc3)C(OCc3ccccc3)[C@@H]2O1.O[C@H]1C(OCc2ccccc2)[C@@H](COCc2ccccc2)O[C@@H]1OCc1ccccc1. The number of ether oxygens (including phenoxy) is 9. The number of benzene rings is 5. The lowest BCUT2D eigenvalue weighted by atomic mass is 10.1. The van der Waals surface area contributed by atoms with E-state index in [9.17, 15) is 5.11 Å². The third-order valence-electron chi connectivity index (χ3n) is 9.99. The van der Waals surface area contributed by atoms with Crippen LogP contribution in [-0.4, -0.2) is 73.3 Å². The van der Waals surface area contributed by atoms with Crippen molar-refractivity contribution in [3.63, 3.8) is 0 Å². The third-order valence-corrected chi connectivity index (χ3v) is 9.99. The fourth-order valence-electron chi connectivity index (χ4n) is 7.09. The molecule has 8 atom stereocenters. The minimum Gasteiger partial charge on any atom is -0.385 e. The molecule has 322 valence electrons. The predicted octanol–water partition coefficient (Wildman–Crippen LogP) is 9.03. The summed E-state index contributed by atoms with van der Waals surface area (Å²) in [5.41, 5.74) is 5.38. The first kappa shape index (κ1) is 46.8. The number of aliphatic hydroxyl groups excluding tert-OH is 1. The van der Waals surface area contributed by atoms with Crippen molar-refractivity contribution in [3.05, 3.63) is 179 Å². The first-order valence-electron chi connectivity index (χ1n) is 19.9. The van der Waals surface area contributed by atoms with E-state index in [0.717, 1.165) is 27.8 Å². The van der Waals surface area contributed by atoms with E-state index < -0.39 is 36.7 Å². The quantitative estimate of drug-likeness (QED) is 0.0978. The molecule has 3 heterocycles. The molecule has 0 saturated carbocycles. The Morgan fingerprint density at radius 3 is 1.27 bits per heavy atom. The standard InChI is InChI=1S/C26H28O5.C22H26O5.2CH4/c27-24-25(29-17-21-12-6-2-7-13-21)23(19-28-16-20-10-4-1-5-11-20)31-26(24)30-18-22-14-8-3-9-15-22;1-22(2)26-20-19(24-14-17-11-7-4-8-12-17)18(25-21(20)27-22)15-23-13-16-9-5-3-6-10-16;;/h1-15,23-27H,16-19H2;3-12,18-21H,13-15H2,1-2H3;2*1H4/t23-,24+,25?,26+;18-,19?,20+,21-;;/m11../s1. The molecule has 3 aliphatic heterocycles. The van der Waals surface area contributed by atoms with Crippen molar-refractivity contribution in [2.75, 3.05) is 13.2 Å². The summed E-state index contributed by atoms with van der Waals surface area (Å²) in [4.78, 5) is 0. The summed E-state index contributed by atoms with van der Waals surface area (Å²) in [6.07, 6.45) is -3.81. The Hall–Kier alpha value is -4.30. The van der Waals surface area contributed by atoms with Crippen LogP contribution in [-0.2, 0) is 75.7 Å². The highest BCUT2D eigenvalue weighted by atomic mass is 16.8. The van der Waals surface area contributed by atoms with E-state index >= 15 is 0 Å². The lowest BCUT2D eigenvalue weighted by molar-refractivity contribution is -0.225. The van der Waals surface area contributed by atoms with Gasteiger partial charge in [-0.1, -0.05) is 167 Å². The fraction of sp³-hybridized carbons (Fsp3) is 0.400. The van der Waals surface area contributed by atoms with Gasteiger partial charge in [-0.2, -0.15) is 0 Å². The first-order valence-corrected chi connectivity index (χ1v) is 19.9. The topological polar surface area (TPSA) is 103 Å². The average Bonchev–Trinajstić information content (AvgIpc) is 3.85. The Morgan fingerprint density at radius 1 is 0.467 bits per heavy atom. The molecule has 0 amide bonds. The van der Waals surface area contributed by atoms with Crippen molar-refractivity contribution in [2.45, 2.75) is 117 Å². The first-order chi connectivity index (χ1) is 28.4. The van der Waals surface area contributed by atoms with Crippen molar-refractivity contribution in [1.82, 2.24) is 0 Å². The second-order valence-corrected chi connectivity index (χ2v) is 15.0. The molecular formula is C50H62O10. The predicted molar refractivity (Wildman–Crippen MR) is 230 cm³/mol. The monoisotopic (exact) mass is 822 g/mol. The summed E-state index contributed by atoms with van der Waals surface area (Å²) >= 11 is 0. The number of hydrogen-bond donors (Lipinski definition) is 1. The van der Waals surface area contributed by atoms with Crippen LogP contribution in [0.3, 0.4) is 0 Å². The normalized spacial score (nSPS) is 25.0. The summed E-state index contributed by atoms with van der Waals surface area (Å²) in [5.74, 6) is -0.667. The lowest BCUT2D eigenvalue weighted by Crippen LogP contribution is -2.38. The van der Waals surface area contributed by atoms with E-state index in [0.29, 0.717) is 46.2 Å². The lowest BCUT2D eigenvalue weighted by Gasteiger charge is -2.26. The second-order valence-electron chi connectivity index (χ2n) is 15.0. The maximum Gasteiger partial charge on any atom is 0.190 e. The molecular weight excluding hydrogens is 761 g/mol. The molecule has 3 aliphatic rings. The highest BCUT2D eigenvalue weighted by molar-refractivity contribution is 5.17. The summed E-state index contributed by atoms with van der Waals surface area (Å²) in [6, 6.07) is 49.8. The van der Waals surface area contributed by atoms with E-state index in [4.69, 9.17) is 42.6 Å². The van der Waals surface area contributed by atoms with Crippen molar-refractivity contribution in [3.8, 4) is 0 Å². The number of fused-ring (bicyclic) bond motifs is 1. The van der Waals surface area contributed by atoms with Crippen LogP contribution in [0.2, 0.25) is 0 Å². The molecule has 10 nitrogen and oxygen atoms in total. The van der Waals surface area contributed by atoms with Crippen LogP contribution in [0.1, 0.15) is 56.5 Å². The number of aliphatic hydroxyl groups is 1. The Morgan fingerprint density at radius 2 is 0.833 bits per heavy atom. The summed E-state index contributed by atoms with van der Waals surface area (Å²) in [6.45, 7) is 6.75. The summed E-state index contributed by atoms with van der Waals surface area (Å²) < 4.78 is 53.9. The largest absolute Gasteiger partial charge is 0.385 e. The zero-order chi connectivity index (χ0) is 40.0. The Labute approximate surface area is 356 Å². The van der Waals surface area contributed by atoms with Gasteiger partial charge in [-0.3, -0.25) is 0 Å². The van der Waals surface area contributed by atoms with E-state index in [1.165, 1.54) is 0 Å². The van der Waals surface area contributed by atoms with Gasteiger partial charge in [-0.05, 0) is 41.7 Å². The van der Waals surface area contributed by atoms with Crippen molar-refractivity contribution >= 4 is 0 Å². The van der Waals surface area contributed by atoms with Gasteiger partial charge in [0.05, 0.1) is 46.2 Å². The molecule has 60 heavy (non-hydrogen) atoms. The maximum atomic E-state index is 10.9. The minimum atomic E-state index is -0.905. The molecule has 3 saturated heterocycles. The summed E-state index contributed by atoms with van der Waals surface area (Å²) in [7, 11) is 0. The maximum absolute atomic E-state index is 10.9. The second kappa shape index (κ2) is 23.6. The molecule has 0 radical (unpaired) electrons. The van der Waals surface area contributed by atoms with Gasteiger partial charge in [0.15, 0.2) is 18.4 Å². The molecule has 1 N–H and O–H groups in total. The molecule has 5 aromatic carbocycles. The highest BCUT2D eigenvalue weighted by Gasteiger charge is 2.55. The zero-order valence-corrected chi connectivity index (χ0v) is 33.1. The number of hydrogen-bond acceptors (Lipinski definition) is 10. The molecule has 2 unspecified atom stereocenters. The van der Waals surface area contributed by atoms with Gasteiger partial charge >= 0.3 is 0 Å². The van der Waals surface area contributed by atoms with E-state index in [2.05, 4.69) is 0 Å². The highest BCUT2D eigenvalue weighted by Crippen LogP contribution is 2.39. The molecule has 0 aromatic heterocycles. The number of rotatable bonds is 17. The Bertz CT molecular complexity index is 1880. The van der Waals surface area contributed by atoms with Crippen LogP contribution in [0.15, 0.2) is 152 Å². The fourth-order valence-corrected chi connectivity index (χ4v) is 7.09. The Balaban J connectivity index is 0.000000222. The van der Waals surface area contributed by atoms with Crippen LogP contribution < -0.4 is 0 Å². The van der Waals surface area contributed by atoms with Gasteiger partial charge in [0, 0.05) is 0 Å². The summed E-state index contributed by atoms with van der Waals surface area (Å²) in [5, 5.41) is 10.9. The van der Waals surface area contributed by atoms with Crippen LogP contribution in [0.25, 0.3) is 0 Å². The van der Waals surface area contributed by atoms with E-state index in [1.54, 1.807) is 0 Å². The van der Waals surface area contributed by atoms with E-state index in [-0.39, 0.29) is 33.2 Å². The minimum absolute atomic E-state index is 0. The van der Waals surface area contributed by atoms with Gasteiger partial charge in [0.25, 0.3) is 0 Å². The van der Waals surface area contributed by atoms with Gasteiger partial charge in [0.1, 0.15) is 36.6 Å². The third kappa shape index (κ3) is 13.6. The van der Waals surface area contributed by atoms with Crippen LogP contribution in [0.5, 0.6) is 0 Å². The average molecular weight is 823 g/mol. The van der Waals surface area contributed by atoms with Gasteiger partial charge < -0.3 is 47.7 Å². The molecule has 0 spiro atoms. The zero-order valence-electron chi connectivity index (χ0n) is 33.1. The van der Waals surface area contributed by atoms with Gasteiger partial charge in [-0.15, -0.1) is 0 Å². The molecule has 5 aromatic rings.